The van der Waals surface area contributed by atoms with Crippen LogP contribution >= 0.6 is 11.3 Å². The third-order valence-electron chi connectivity index (χ3n) is 4.27. The van der Waals surface area contributed by atoms with Crippen LogP contribution in [0.15, 0.2) is 48.5 Å². The van der Waals surface area contributed by atoms with Gasteiger partial charge in [0.15, 0.2) is 0 Å². The van der Waals surface area contributed by atoms with Crippen molar-refractivity contribution in [1.29, 1.82) is 5.26 Å². The van der Waals surface area contributed by atoms with Crippen molar-refractivity contribution in [2.75, 3.05) is 0 Å². The van der Waals surface area contributed by atoms with Gasteiger partial charge in [-0.05, 0) is 43.7 Å². The van der Waals surface area contributed by atoms with Gasteiger partial charge in [0, 0.05) is 25.4 Å². The van der Waals surface area contributed by atoms with Crippen molar-refractivity contribution in [2.45, 2.75) is 39.3 Å². The minimum atomic E-state index is 0.119. The Kier molecular flexibility index (Phi) is 5.65. The Labute approximate surface area is 157 Å². The quantitative estimate of drug-likeness (QED) is 0.646. The van der Waals surface area contributed by atoms with Crippen LogP contribution in [0.1, 0.15) is 36.4 Å². The lowest BCUT2D eigenvalue weighted by molar-refractivity contribution is -0.133. The maximum atomic E-state index is 12.8. The molecule has 3 rings (SSSR count). The van der Waals surface area contributed by atoms with Crippen LogP contribution in [0.25, 0.3) is 10.2 Å². The van der Waals surface area contributed by atoms with E-state index >= 15 is 0 Å². The fourth-order valence-corrected chi connectivity index (χ4v) is 3.79. The molecule has 0 unspecified atom stereocenters. The lowest BCUT2D eigenvalue weighted by Crippen LogP contribution is -2.36. The molecule has 0 aliphatic heterocycles. The summed E-state index contributed by atoms with van der Waals surface area (Å²) in [7, 11) is 0. The molecule has 0 bridgehead atoms. The first-order valence-electron chi connectivity index (χ1n) is 8.70. The zero-order valence-corrected chi connectivity index (χ0v) is 15.8. The summed E-state index contributed by atoms with van der Waals surface area (Å²) in [5, 5.41) is 9.90. The number of amides is 1. The van der Waals surface area contributed by atoms with Crippen molar-refractivity contribution in [3.8, 4) is 6.07 Å². The molecule has 0 spiro atoms. The average Bonchev–Trinajstić information content (AvgIpc) is 3.07. The van der Waals surface area contributed by atoms with E-state index in [0.717, 1.165) is 20.8 Å². The van der Waals surface area contributed by atoms with Gasteiger partial charge in [0.2, 0.25) is 5.91 Å². The molecule has 0 aliphatic rings. The van der Waals surface area contributed by atoms with E-state index in [-0.39, 0.29) is 11.9 Å². The van der Waals surface area contributed by atoms with E-state index < -0.39 is 0 Å². The number of aromatic nitrogens is 1. The predicted molar refractivity (Wildman–Crippen MR) is 105 cm³/mol. The van der Waals surface area contributed by atoms with Gasteiger partial charge in [0.25, 0.3) is 0 Å². The third-order valence-corrected chi connectivity index (χ3v) is 5.37. The van der Waals surface area contributed by atoms with Crippen LogP contribution < -0.4 is 0 Å². The Morgan fingerprint density at radius 1 is 1.19 bits per heavy atom. The molecule has 1 aromatic heterocycles. The van der Waals surface area contributed by atoms with Crippen molar-refractivity contribution in [3.63, 3.8) is 0 Å². The fourth-order valence-electron chi connectivity index (χ4n) is 2.82. The van der Waals surface area contributed by atoms with Crippen LogP contribution in [0.4, 0.5) is 0 Å². The highest BCUT2D eigenvalue weighted by Crippen LogP contribution is 2.23. The normalized spacial score (nSPS) is 10.8. The van der Waals surface area contributed by atoms with E-state index in [0.29, 0.717) is 24.9 Å². The van der Waals surface area contributed by atoms with Gasteiger partial charge in [-0.3, -0.25) is 4.79 Å². The van der Waals surface area contributed by atoms with E-state index in [2.05, 4.69) is 17.1 Å². The first-order chi connectivity index (χ1) is 12.6. The molecule has 1 heterocycles. The molecule has 3 aromatic rings. The van der Waals surface area contributed by atoms with Gasteiger partial charge in [-0.25, -0.2) is 4.98 Å². The first-order valence-corrected chi connectivity index (χ1v) is 9.51. The second-order valence-electron chi connectivity index (χ2n) is 6.50. The van der Waals surface area contributed by atoms with Gasteiger partial charge < -0.3 is 4.90 Å². The van der Waals surface area contributed by atoms with Crippen LogP contribution in [0.3, 0.4) is 0 Å². The van der Waals surface area contributed by atoms with Gasteiger partial charge in [-0.2, -0.15) is 5.26 Å². The summed E-state index contributed by atoms with van der Waals surface area (Å²) in [6, 6.07) is 17.7. The number of aryl methyl sites for hydroxylation is 1. The van der Waals surface area contributed by atoms with Crippen molar-refractivity contribution in [2.24, 2.45) is 0 Å². The number of fused-ring (bicyclic) bond motifs is 1. The topological polar surface area (TPSA) is 57.0 Å². The summed E-state index contributed by atoms with van der Waals surface area (Å²) >= 11 is 1.65. The highest BCUT2D eigenvalue weighted by molar-refractivity contribution is 7.18. The molecule has 0 aliphatic carbocycles. The number of rotatable bonds is 6. The Morgan fingerprint density at radius 3 is 2.58 bits per heavy atom. The number of thiazole rings is 1. The first kappa shape index (κ1) is 18.1. The van der Waals surface area contributed by atoms with Gasteiger partial charge in [0.1, 0.15) is 0 Å². The summed E-state index contributed by atoms with van der Waals surface area (Å²) in [5.41, 5.74) is 2.66. The minimum Gasteiger partial charge on any atom is -0.336 e. The van der Waals surface area contributed by atoms with Gasteiger partial charge >= 0.3 is 0 Å². The molecule has 1 amide bonds. The largest absolute Gasteiger partial charge is 0.336 e. The Hall–Kier alpha value is -2.71. The van der Waals surface area contributed by atoms with Crippen molar-refractivity contribution in [3.05, 3.63) is 64.7 Å². The number of carbonyl (C=O) groups is 1. The lowest BCUT2D eigenvalue weighted by atomic mass is 10.1. The second-order valence-corrected chi connectivity index (χ2v) is 7.61. The van der Waals surface area contributed by atoms with Crippen molar-refractivity contribution >= 4 is 27.5 Å². The predicted octanol–water partition coefficient (Wildman–Crippen LogP) is 4.54. The molecule has 0 N–H and O–H groups in total. The fraction of sp³-hybridized carbons (Fsp3) is 0.286. The maximum absolute atomic E-state index is 12.8. The molecule has 132 valence electrons. The summed E-state index contributed by atoms with van der Waals surface area (Å²) in [5.74, 6) is 0.128. The zero-order chi connectivity index (χ0) is 18.5. The Balaban J connectivity index is 1.65. The van der Waals surface area contributed by atoms with Gasteiger partial charge in [0.05, 0.1) is 26.9 Å². The summed E-state index contributed by atoms with van der Waals surface area (Å²) < 4.78 is 1.16. The molecular weight excluding hydrogens is 342 g/mol. The van der Waals surface area contributed by atoms with Crippen molar-refractivity contribution < 1.29 is 4.79 Å². The van der Waals surface area contributed by atoms with Gasteiger partial charge in [-0.15, -0.1) is 11.3 Å². The number of carbonyl (C=O) groups excluding carboxylic acids is 1. The van der Waals surface area contributed by atoms with Crippen LogP contribution in [0.5, 0.6) is 0 Å². The van der Waals surface area contributed by atoms with Crippen LogP contribution in [-0.2, 0) is 17.8 Å². The van der Waals surface area contributed by atoms with Crippen molar-refractivity contribution in [1.82, 2.24) is 9.88 Å². The zero-order valence-electron chi connectivity index (χ0n) is 15.0. The minimum absolute atomic E-state index is 0.119. The molecule has 26 heavy (non-hydrogen) atoms. The van der Waals surface area contributed by atoms with E-state index in [4.69, 9.17) is 5.26 Å². The van der Waals surface area contributed by atoms with Crippen LogP contribution in [0, 0.1) is 11.3 Å². The van der Waals surface area contributed by atoms with Crippen LogP contribution in [-0.4, -0.2) is 21.8 Å². The molecular formula is C21H21N3OS. The van der Waals surface area contributed by atoms with E-state index in [9.17, 15) is 4.79 Å². The summed E-state index contributed by atoms with van der Waals surface area (Å²) in [6.07, 6.45) is 1.11. The van der Waals surface area contributed by atoms with Crippen LogP contribution in [0.2, 0.25) is 0 Å². The Bertz CT molecular complexity index is 905. The van der Waals surface area contributed by atoms with E-state index in [1.807, 2.05) is 49.1 Å². The number of hydrogen-bond acceptors (Lipinski definition) is 4. The summed E-state index contributed by atoms with van der Waals surface area (Å²) in [4.78, 5) is 19.2. The number of para-hydroxylation sites is 1. The molecule has 5 heteroatoms. The average molecular weight is 363 g/mol. The Morgan fingerprint density at radius 2 is 1.92 bits per heavy atom. The molecule has 4 nitrogen and oxygen atoms in total. The number of nitriles is 1. The molecule has 0 radical (unpaired) electrons. The molecule has 0 saturated heterocycles. The lowest BCUT2D eigenvalue weighted by Gasteiger charge is -2.27. The number of hydrogen-bond donors (Lipinski definition) is 0. The monoisotopic (exact) mass is 363 g/mol. The molecule has 0 atom stereocenters. The van der Waals surface area contributed by atoms with Gasteiger partial charge in [-0.1, -0.05) is 24.3 Å². The second kappa shape index (κ2) is 8.11. The van der Waals surface area contributed by atoms with E-state index in [1.54, 1.807) is 23.5 Å². The molecule has 2 aromatic carbocycles. The molecule has 0 fully saturated rings. The SMILES string of the molecule is CC(C)N(Cc1ccc(C#N)cc1)C(=O)CCc1nc2ccccc2s1. The summed E-state index contributed by atoms with van der Waals surface area (Å²) in [6.45, 7) is 4.61. The maximum Gasteiger partial charge on any atom is 0.223 e. The van der Waals surface area contributed by atoms with E-state index in [1.165, 1.54) is 0 Å². The molecule has 0 saturated carbocycles. The number of nitrogens with zero attached hydrogens (tertiary/aromatic N) is 3. The smallest absolute Gasteiger partial charge is 0.223 e. The number of benzene rings is 2. The third kappa shape index (κ3) is 4.27. The standard InChI is InChI=1S/C21H21N3OS/c1-15(2)24(14-17-9-7-16(13-22)8-10-17)21(25)12-11-20-23-18-5-3-4-6-19(18)26-20/h3-10,15H,11-12,14H2,1-2H3. The highest BCUT2D eigenvalue weighted by Gasteiger charge is 2.18. The highest BCUT2D eigenvalue weighted by atomic mass is 32.1.